The lowest BCUT2D eigenvalue weighted by molar-refractivity contribution is 0.332. The minimum atomic E-state index is 0.212. The van der Waals surface area contributed by atoms with E-state index in [0.29, 0.717) is 0 Å². The Kier molecular flexibility index (Phi) is 5.38. The molecular weight excluding hydrogens is 420 g/mol. The van der Waals surface area contributed by atoms with Gasteiger partial charge in [-0.1, -0.05) is 84.7 Å². The first-order chi connectivity index (χ1) is 17.1. The molecule has 0 heteroatoms. The van der Waals surface area contributed by atoms with Gasteiger partial charge in [-0.2, -0.15) is 0 Å². The number of aryl methyl sites for hydroxylation is 2. The molecule has 2 fully saturated rings. The van der Waals surface area contributed by atoms with Gasteiger partial charge in [-0.15, -0.1) is 0 Å². The van der Waals surface area contributed by atoms with Gasteiger partial charge < -0.3 is 0 Å². The van der Waals surface area contributed by atoms with Gasteiger partial charge in [0.25, 0.3) is 0 Å². The second-order valence-electron chi connectivity index (χ2n) is 13.0. The van der Waals surface area contributed by atoms with Crippen LogP contribution in [0.25, 0.3) is 11.1 Å². The van der Waals surface area contributed by atoms with Gasteiger partial charge in [0.2, 0.25) is 0 Å². The molecule has 0 N–H and O–H groups in total. The van der Waals surface area contributed by atoms with Crippen molar-refractivity contribution in [3.05, 3.63) is 83.0 Å². The first-order valence-electron chi connectivity index (χ1n) is 14.7. The molecule has 6 unspecified atom stereocenters. The van der Waals surface area contributed by atoms with Gasteiger partial charge in [0.1, 0.15) is 0 Å². The maximum atomic E-state index is 2.56. The second-order valence-corrected chi connectivity index (χ2v) is 13.0. The number of benzene rings is 2. The molecule has 0 aliphatic heterocycles. The summed E-state index contributed by atoms with van der Waals surface area (Å²) < 4.78 is 0. The van der Waals surface area contributed by atoms with Crippen LogP contribution in [0.2, 0.25) is 0 Å². The zero-order valence-electron chi connectivity index (χ0n) is 21.8. The Hall–Kier alpha value is -2.08. The lowest BCUT2D eigenvalue weighted by Gasteiger charge is -2.34. The summed E-state index contributed by atoms with van der Waals surface area (Å²) in [4.78, 5) is 0. The Morgan fingerprint density at radius 2 is 1.11 bits per heavy atom. The van der Waals surface area contributed by atoms with Crippen LogP contribution in [0.15, 0.2) is 60.7 Å². The van der Waals surface area contributed by atoms with E-state index in [1.165, 1.54) is 86.5 Å². The molecule has 0 radical (unpaired) electrons. The van der Waals surface area contributed by atoms with Crippen LogP contribution >= 0.6 is 0 Å². The summed E-state index contributed by atoms with van der Waals surface area (Å²) >= 11 is 0. The molecule has 5 aliphatic rings. The highest BCUT2D eigenvalue weighted by molar-refractivity contribution is 5.81. The fourth-order valence-corrected chi connectivity index (χ4v) is 9.17. The van der Waals surface area contributed by atoms with Crippen molar-refractivity contribution >= 4 is 0 Å². The van der Waals surface area contributed by atoms with Crippen LogP contribution in [-0.4, -0.2) is 0 Å². The lowest BCUT2D eigenvalue weighted by Crippen LogP contribution is -2.26. The molecule has 0 nitrogen and oxygen atoms in total. The Bertz CT molecular complexity index is 1090. The molecule has 0 amide bonds. The minimum absolute atomic E-state index is 0.212. The third kappa shape index (κ3) is 3.70. The van der Waals surface area contributed by atoms with Crippen LogP contribution in [0.4, 0.5) is 0 Å². The van der Waals surface area contributed by atoms with Crippen LogP contribution in [0.1, 0.15) is 86.5 Å². The quantitative estimate of drug-likeness (QED) is 0.343. The van der Waals surface area contributed by atoms with Crippen LogP contribution in [-0.2, 0) is 5.41 Å². The number of allylic oxidation sites excluding steroid dienone is 4. The number of hydrogen-bond donors (Lipinski definition) is 0. The Balaban J connectivity index is 1.18. The molecule has 0 aromatic heterocycles. The van der Waals surface area contributed by atoms with E-state index in [0.717, 1.165) is 35.5 Å². The van der Waals surface area contributed by atoms with Crippen molar-refractivity contribution in [1.82, 2.24) is 0 Å². The predicted molar refractivity (Wildman–Crippen MR) is 148 cm³/mol. The van der Waals surface area contributed by atoms with Crippen molar-refractivity contribution in [2.75, 3.05) is 0 Å². The topological polar surface area (TPSA) is 0 Å². The van der Waals surface area contributed by atoms with E-state index >= 15 is 0 Å². The van der Waals surface area contributed by atoms with Crippen LogP contribution in [0, 0.1) is 49.4 Å². The summed E-state index contributed by atoms with van der Waals surface area (Å²) in [5.74, 6) is 5.45. The van der Waals surface area contributed by atoms with Crippen LogP contribution in [0.3, 0.4) is 0 Å². The highest BCUT2D eigenvalue weighted by atomic mass is 14.5. The highest BCUT2D eigenvalue weighted by Gasteiger charge is 2.44. The molecule has 6 atom stereocenters. The van der Waals surface area contributed by atoms with E-state index in [9.17, 15) is 0 Å². The van der Waals surface area contributed by atoms with Crippen LogP contribution < -0.4 is 0 Å². The molecule has 5 aliphatic carbocycles. The monoisotopic (exact) mass is 462 g/mol. The second kappa shape index (κ2) is 8.50. The Morgan fingerprint density at radius 1 is 0.629 bits per heavy atom. The third-order valence-corrected chi connectivity index (χ3v) is 10.9. The summed E-state index contributed by atoms with van der Waals surface area (Å²) in [7, 11) is 0. The van der Waals surface area contributed by atoms with Gasteiger partial charge in [0.15, 0.2) is 0 Å². The highest BCUT2D eigenvalue weighted by Crippen LogP contribution is 2.56. The van der Waals surface area contributed by atoms with Crippen molar-refractivity contribution in [3.8, 4) is 11.1 Å². The molecule has 4 bridgehead atoms. The largest absolute Gasteiger partial charge is 0.0851 e. The average molecular weight is 463 g/mol. The Labute approximate surface area is 212 Å². The van der Waals surface area contributed by atoms with E-state index < -0.39 is 0 Å². The van der Waals surface area contributed by atoms with Gasteiger partial charge in [-0.25, -0.2) is 0 Å². The minimum Gasteiger partial charge on any atom is -0.0851 e. The number of fused-ring (bicyclic) bond motifs is 7. The molecule has 7 rings (SSSR count). The first kappa shape index (κ1) is 22.1. The number of rotatable bonds is 8. The SMILES string of the molecule is Cc1ccc2c(c1)C(CCCC1CC3C=CC1C3)(CCCC1CC3C=CC1C3)c1cc(C)ccc1-2. The molecule has 0 heterocycles. The first-order valence-corrected chi connectivity index (χ1v) is 14.7. The van der Waals surface area contributed by atoms with Gasteiger partial charge in [-0.3, -0.25) is 0 Å². The smallest absolute Gasteiger partial charge is 0.0215 e. The van der Waals surface area contributed by atoms with Crippen molar-refractivity contribution in [1.29, 1.82) is 0 Å². The maximum absolute atomic E-state index is 2.56. The fourth-order valence-electron chi connectivity index (χ4n) is 9.17. The molecule has 0 saturated heterocycles. The standard InChI is InChI=1S/C35H42/c1-23-7-13-31-32-14-8-24(2)18-34(32)35(33(31)17-23,15-3-5-27-19-25-9-11-29(27)21-25)16-4-6-28-20-26-10-12-30(28)22-26/h7-14,17-18,25-30H,3-6,15-16,19-22H2,1-2H3. The third-order valence-electron chi connectivity index (χ3n) is 10.9. The summed E-state index contributed by atoms with van der Waals surface area (Å²) in [5.41, 5.74) is 9.41. The zero-order chi connectivity index (χ0) is 23.6. The molecule has 2 saturated carbocycles. The van der Waals surface area contributed by atoms with Crippen molar-refractivity contribution in [3.63, 3.8) is 0 Å². The van der Waals surface area contributed by atoms with E-state index in [-0.39, 0.29) is 5.41 Å². The zero-order valence-corrected chi connectivity index (χ0v) is 21.8. The maximum Gasteiger partial charge on any atom is 0.0215 e. The van der Waals surface area contributed by atoms with Gasteiger partial charge in [-0.05, 0) is 123 Å². The van der Waals surface area contributed by atoms with E-state index in [1.54, 1.807) is 11.1 Å². The summed E-state index contributed by atoms with van der Waals surface area (Å²) in [6.07, 6.45) is 24.1. The molecule has 35 heavy (non-hydrogen) atoms. The summed E-state index contributed by atoms with van der Waals surface area (Å²) in [6, 6.07) is 14.7. The van der Waals surface area contributed by atoms with Gasteiger partial charge >= 0.3 is 0 Å². The summed E-state index contributed by atoms with van der Waals surface area (Å²) in [5, 5.41) is 0. The van der Waals surface area contributed by atoms with E-state index in [1.807, 2.05) is 0 Å². The fraction of sp³-hybridized carbons (Fsp3) is 0.543. The predicted octanol–water partition coefficient (Wildman–Crippen LogP) is 9.33. The van der Waals surface area contributed by atoms with Crippen LogP contribution in [0.5, 0.6) is 0 Å². The molecule has 2 aromatic rings. The van der Waals surface area contributed by atoms with Crippen molar-refractivity contribution < 1.29 is 0 Å². The van der Waals surface area contributed by atoms with Crippen molar-refractivity contribution in [2.45, 2.75) is 83.5 Å². The summed E-state index contributed by atoms with van der Waals surface area (Å²) in [6.45, 7) is 4.59. The Morgan fingerprint density at radius 3 is 1.51 bits per heavy atom. The molecule has 2 aromatic carbocycles. The molecular formula is C35H42. The lowest BCUT2D eigenvalue weighted by atomic mass is 9.69. The van der Waals surface area contributed by atoms with Crippen molar-refractivity contribution in [2.24, 2.45) is 35.5 Å². The number of hydrogen-bond acceptors (Lipinski definition) is 0. The normalized spacial score (nSPS) is 32.5. The van der Waals surface area contributed by atoms with Gasteiger partial charge in [0, 0.05) is 5.41 Å². The van der Waals surface area contributed by atoms with E-state index in [2.05, 4.69) is 74.5 Å². The average Bonchev–Trinajstić information content (AvgIpc) is 3.67. The van der Waals surface area contributed by atoms with Gasteiger partial charge in [0.05, 0.1) is 0 Å². The molecule has 0 spiro atoms. The molecule has 182 valence electrons. The van der Waals surface area contributed by atoms with E-state index in [4.69, 9.17) is 0 Å².